The lowest BCUT2D eigenvalue weighted by molar-refractivity contribution is -0.143. The average Bonchev–Trinajstić information content (AvgIpc) is 3.12. The summed E-state index contributed by atoms with van der Waals surface area (Å²) in [7, 11) is 0. The van der Waals surface area contributed by atoms with Crippen LogP contribution in [0.3, 0.4) is 0 Å². The first-order valence-corrected chi connectivity index (χ1v) is 9.85. The molecule has 1 amide bonds. The lowest BCUT2D eigenvalue weighted by Gasteiger charge is -2.34. The molecule has 1 aliphatic rings. The van der Waals surface area contributed by atoms with Gasteiger partial charge in [0.2, 0.25) is 5.91 Å². The Kier molecular flexibility index (Phi) is 5.66. The Morgan fingerprint density at radius 3 is 2.28 bits per heavy atom. The number of hydrogen-bond acceptors (Lipinski definition) is 2. The molecule has 1 aliphatic heterocycles. The van der Waals surface area contributed by atoms with Gasteiger partial charge in [0.25, 0.3) is 0 Å². The van der Waals surface area contributed by atoms with Crippen molar-refractivity contribution in [1.82, 2.24) is 15.2 Å². The van der Waals surface area contributed by atoms with Crippen molar-refractivity contribution in [3.8, 4) is 0 Å². The predicted molar refractivity (Wildman–Crippen MR) is 106 cm³/mol. The topological polar surface area (TPSA) is 48.1 Å². The molecule has 2 aromatic carbocycles. The standard InChI is InChI=1S/C22H19F6N3O/c23-21(24,25)15-5-13(6-16(8-15)22(26,27)28)11-31-12-17(29-10-20(31)32)7-14-9-30-19-4-2-1-3-18(14)19/h1-6,8-9,17,29-30H,7,10-12H2/t17-/m0/s1. The molecule has 3 aromatic rings. The van der Waals surface area contributed by atoms with E-state index < -0.39 is 23.5 Å². The number of para-hydroxylation sites is 1. The maximum Gasteiger partial charge on any atom is 0.416 e. The Bertz CT molecular complexity index is 1100. The molecule has 4 nitrogen and oxygen atoms in total. The van der Waals surface area contributed by atoms with E-state index in [9.17, 15) is 31.1 Å². The Labute approximate surface area is 179 Å². The number of carbonyl (C=O) groups excluding carboxylic acids is 1. The number of halogens is 6. The molecule has 170 valence electrons. The van der Waals surface area contributed by atoms with Gasteiger partial charge in [0.15, 0.2) is 0 Å². The van der Waals surface area contributed by atoms with Gasteiger partial charge in [-0.25, -0.2) is 0 Å². The maximum absolute atomic E-state index is 13.1. The molecule has 2 heterocycles. The predicted octanol–water partition coefficient (Wildman–Crippen LogP) is 4.75. The van der Waals surface area contributed by atoms with Crippen LogP contribution in [0.25, 0.3) is 10.9 Å². The monoisotopic (exact) mass is 455 g/mol. The molecule has 4 rings (SSSR count). The van der Waals surface area contributed by atoms with Gasteiger partial charge in [-0.05, 0) is 41.8 Å². The normalized spacial score (nSPS) is 17.9. The molecule has 1 atom stereocenters. The summed E-state index contributed by atoms with van der Waals surface area (Å²) in [5, 5.41) is 4.11. The molecule has 0 saturated carbocycles. The summed E-state index contributed by atoms with van der Waals surface area (Å²) in [4.78, 5) is 16.8. The van der Waals surface area contributed by atoms with E-state index in [0.29, 0.717) is 18.6 Å². The summed E-state index contributed by atoms with van der Waals surface area (Å²) >= 11 is 0. The maximum atomic E-state index is 13.1. The van der Waals surface area contributed by atoms with Gasteiger partial charge in [-0.15, -0.1) is 0 Å². The van der Waals surface area contributed by atoms with Crippen LogP contribution in [0.15, 0.2) is 48.7 Å². The fourth-order valence-electron chi connectivity index (χ4n) is 3.96. The van der Waals surface area contributed by atoms with E-state index in [4.69, 9.17) is 0 Å². The zero-order valence-corrected chi connectivity index (χ0v) is 16.6. The van der Waals surface area contributed by atoms with Crippen molar-refractivity contribution in [3.63, 3.8) is 0 Å². The van der Waals surface area contributed by atoms with Gasteiger partial charge in [-0.3, -0.25) is 4.79 Å². The van der Waals surface area contributed by atoms with Crippen LogP contribution >= 0.6 is 0 Å². The summed E-state index contributed by atoms with van der Waals surface area (Å²) in [5.74, 6) is -0.383. The first kappa shape index (κ1) is 22.2. The average molecular weight is 455 g/mol. The number of aromatic amines is 1. The highest BCUT2D eigenvalue weighted by atomic mass is 19.4. The smallest absolute Gasteiger partial charge is 0.361 e. The van der Waals surface area contributed by atoms with Crippen LogP contribution in [0.4, 0.5) is 26.3 Å². The summed E-state index contributed by atoms with van der Waals surface area (Å²) in [6, 6.07) is 8.89. The number of nitrogens with one attached hydrogen (secondary N) is 2. The molecule has 1 aromatic heterocycles. The zero-order chi connectivity index (χ0) is 23.1. The number of fused-ring (bicyclic) bond motifs is 1. The number of carbonyl (C=O) groups is 1. The molecule has 0 aliphatic carbocycles. The van der Waals surface area contributed by atoms with Gasteiger partial charge in [-0.1, -0.05) is 18.2 Å². The fraction of sp³-hybridized carbons (Fsp3) is 0.318. The number of amides is 1. The minimum absolute atomic E-state index is 0.0435. The number of piperazine rings is 1. The van der Waals surface area contributed by atoms with Gasteiger partial charge in [0.05, 0.1) is 17.7 Å². The summed E-state index contributed by atoms with van der Waals surface area (Å²) in [6.45, 7) is -0.216. The number of benzene rings is 2. The van der Waals surface area contributed by atoms with Crippen molar-refractivity contribution >= 4 is 16.8 Å². The Balaban J connectivity index is 1.55. The minimum atomic E-state index is -4.93. The van der Waals surface area contributed by atoms with Crippen molar-refractivity contribution in [2.24, 2.45) is 0 Å². The molecule has 32 heavy (non-hydrogen) atoms. The third-order valence-electron chi connectivity index (χ3n) is 5.50. The molecule has 1 fully saturated rings. The number of alkyl halides is 6. The van der Waals surface area contributed by atoms with Crippen LogP contribution in [0.2, 0.25) is 0 Å². The second-order valence-corrected chi connectivity index (χ2v) is 7.83. The van der Waals surface area contributed by atoms with Crippen LogP contribution < -0.4 is 5.32 Å². The van der Waals surface area contributed by atoms with E-state index in [-0.39, 0.29) is 43.2 Å². The molecular weight excluding hydrogens is 436 g/mol. The number of rotatable bonds is 4. The fourth-order valence-corrected chi connectivity index (χ4v) is 3.96. The quantitative estimate of drug-likeness (QED) is 0.558. The Morgan fingerprint density at radius 2 is 1.62 bits per heavy atom. The molecule has 1 saturated heterocycles. The van der Waals surface area contributed by atoms with E-state index in [0.717, 1.165) is 16.5 Å². The third-order valence-corrected chi connectivity index (χ3v) is 5.50. The lowest BCUT2D eigenvalue weighted by atomic mass is 10.0. The van der Waals surface area contributed by atoms with Crippen molar-refractivity contribution < 1.29 is 31.1 Å². The summed E-state index contributed by atoms with van der Waals surface area (Å²) in [6.07, 6.45) is -7.46. The summed E-state index contributed by atoms with van der Waals surface area (Å²) < 4.78 is 78.8. The molecule has 0 bridgehead atoms. The van der Waals surface area contributed by atoms with E-state index in [1.807, 2.05) is 30.5 Å². The van der Waals surface area contributed by atoms with E-state index >= 15 is 0 Å². The Hall–Kier alpha value is -3.01. The van der Waals surface area contributed by atoms with Gasteiger partial charge in [0, 0.05) is 36.2 Å². The lowest BCUT2D eigenvalue weighted by Crippen LogP contribution is -2.54. The Morgan fingerprint density at radius 1 is 0.969 bits per heavy atom. The molecule has 10 heteroatoms. The van der Waals surface area contributed by atoms with Crippen molar-refractivity contribution in [2.75, 3.05) is 13.1 Å². The third kappa shape index (κ3) is 4.74. The van der Waals surface area contributed by atoms with Crippen LogP contribution in [-0.4, -0.2) is 34.9 Å². The van der Waals surface area contributed by atoms with Crippen molar-refractivity contribution in [3.05, 3.63) is 70.9 Å². The highest BCUT2D eigenvalue weighted by Crippen LogP contribution is 2.36. The summed E-state index contributed by atoms with van der Waals surface area (Å²) in [5.41, 5.74) is -1.03. The van der Waals surface area contributed by atoms with Gasteiger partial charge < -0.3 is 15.2 Å². The van der Waals surface area contributed by atoms with Crippen LogP contribution in [0.5, 0.6) is 0 Å². The van der Waals surface area contributed by atoms with Crippen LogP contribution in [0, 0.1) is 0 Å². The van der Waals surface area contributed by atoms with Gasteiger partial charge >= 0.3 is 12.4 Å². The zero-order valence-electron chi connectivity index (χ0n) is 16.6. The highest BCUT2D eigenvalue weighted by Gasteiger charge is 2.37. The van der Waals surface area contributed by atoms with E-state index in [1.165, 1.54) is 4.90 Å². The first-order chi connectivity index (χ1) is 15.0. The van der Waals surface area contributed by atoms with E-state index in [2.05, 4.69) is 10.3 Å². The molecular formula is C22H19F6N3O. The van der Waals surface area contributed by atoms with Gasteiger partial charge in [-0.2, -0.15) is 26.3 Å². The van der Waals surface area contributed by atoms with Crippen molar-refractivity contribution in [1.29, 1.82) is 0 Å². The number of H-pyrrole nitrogens is 1. The van der Waals surface area contributed by atoms with Gasteiger partial charge in [0.1, 0.15) is 0 Å². The first-order valence-electron chi connectivity index (χ1n) is 9.85. The van der Waals surface area contributed by atoms with Crippen LogP contribution in [-0.2, 0) is 30.1 Å². The number of aromatic nitrogens is 1. The second kappa shape index (κ2) is 8.16. The van der Waals surface area contributed by atoms with Crippen molar-refractivity contribution in [2.45, 2.75) is 31.4 Å². The van der Waals surface area contributed by atoms with Crippen LogP contribution in [0.1, 0.15) is 22.3 Å². The molecule has 2 N–H and O–H groups in total. The minimum Gasteiger partial charge on any atom is -0.361 e. The van der Waals surface area contributed by atoms with E-state index in [1.54, 1.807) is 0 Å². The highest BCUT2D eigenvalue weighted by molar-refractivity contribution is 5.83. The second-order valence-electron chi connectivity index (χ2n) is 7.83. The largest absolute Gasteiger partial charge is 0.416 e. The molecule has 0 unspecified atom stereocenters. The number of hydrogen-bond donors (Lipinski definition) is 2. The number of nitrogens with zero attached hydrogens (tertiary/aromatic N) is 1. The molecule has 0 spiro atoms. The SMILES string of the molecule is O=C1CN[C@@H](Cc2c[nH]c3ccccc23)CN1Cc1cc(C(F)(F)F)cc(C(F)(F)F)c1. The molecule has 0 radical (unpaired) electrons.